The van der Waals surface area contributed by atoms with Crippen molar-refractivity contribution < 1.29 is 9.53 Å². The zero-order chi connectivity index (χ0) is 11.8. The van der Waals surface area contributed by atoms with Crippen LogP contribution in [0.25, 0.3) is 0 Å². The van der Waals surface area contributed by atoms with Crippen LogP contribution in [-0.4, -0.2) is 38.8 Å². The molecule has 16 heavy (non-hydrogen) atoms. The monoisotopic (exact) mass is 228 g/mol. The van der Waals surface area contributed by atoms with E-state index in [1.807, 2.05) is 0 Å². The van der Waals surface area contributed by atoms with E-state index in [2.05, 4.69) is 24.5 Å². The van der Waals surface area contributed by atoms with E-state index in [1.165, 1.54) is 0 Å². The average Bonchev–Trinajstić information content (AvgIpc) is 2.69. The number of carbonyl (C=O) groups is 1. The third-order valence-corrected chi connectivity index (χ3v) is 3.04. The second-order valence-electron chi connectivity index (χ2n) is 4.50. The molecule has 0 radical (unpaired) electrons. The number of hydrogen-bond acceptors (Lipinski definition) is 3. The van der Waals surface area contributed by atoms with Gasteiger partial charge >= 0.3 is 0 Å². The molecule has 1 heterocycles. The Morgan fingerprint density at radius 3 is 2.88 bits per heavy atom. The summed E-state index contributed by atoms with van der Waals surface area (Å²) >= 11 is 0. The predicted octanol–water partition coefficient (Wildman–Crippen LogP) is 0.775. The molecule has 0 aliphatic carbocycles. The highest BCUT2D eigenvalue weighted by Gasteiger charge is 2.28. The summed E-state index contributed by atoms with van der Waals surface area (Å²) in [6, 6.07) is 0. The Balaban J connectivity index is 2.02. The average molecular weight is 228 g/mol. The molecular formula is C12H24N2O2. The molecule has 0 aromatic carbocycles. The fraction of sp³-hybridized carbons (Fsp3) is 0.917. The Bertz CT molecular complexity index is 209. The van der Waals surface area contributed by atoms with Gasteiger partial charge in [-0.25, -0.2) is 0 Å². The lowest BCUT2D eigenvalue weighted by Crippen LogP contribution is -2.36. The molecule has 0 aromatic rings. The Labute approximate surface area is 98.1 Å². The van der Waals surface area contributed by atoms with Crippen LogP contribution in [0.3, 0.4) is 0 Å². The van der Waals surface area contributed by atoms with Crippen LogP contribution in [0.15, 0.2) is 0 Å². The van der Waals surface area contributed by atoms with Crippen LogP contribution in [-0.2, 0) is 9.53 Å². The minimum Gasteiger partial charge on any atom is -0.380 e. The number of nitrogens with one attached hydrogen (secondary N) is 2. The number of ether oxygens (including phenoxy) is 1. The SMILES string of the molecule is CCCCOCCNC(=O)C1CNCC1C. The van der Waals surface area contributed by atoms with E-state index in [0.29, 0.717) is 19.1 Å². The molecule has 1 fully saturated rings. The number of hydrogen-bond donors (Lipinski definition) is 2. The lowest BCUT2D eigenvalue weighted by atomic mass is 9.97. The van der Waals surface area contributed by atoms with Crippen molar-refractivity contribution in [2.45, 2.75) is 26.7 Å². The van der Waals surface area contributed by atoms with E-state index in [4.69, 9.17) is 4.74 Å². The summed E-state index contributed by atoms with van der Waals surface area (Å²) in [5, 5.41) is 6.16. The van der Waals surface area contributed by atoms with Gasteiger partial charge in [-0.05, 0) is 18.9 Å². The fourth-order valence-electron chi connectivity index (χ4n) is 1.89. The van der Waals surface area contributed by atoms with Crippen LogP contribution in [0.2, 0.25) is 0 Å². The molecule has 1 aliphatic heterocycles. The minimum absolute atomic E-state index is 0.135. The van der Waals surface area contributed by atoms with Gasteiger partial charge < -0.3 is 15.4 Å². The van der Waals surface area contributed by atoms with E-state index < -0.39 is 0 Å². The first kappa shape index (κ1) is 13.5. The van der Waals surface area contributed by atoms with Gasteiger partial charge in [0.05, 0.1) is 12.5 Å². The van der Waals surface area contributed by atoms with Crippen molar-refractivity contribution in [3.63, 3.8) is 0 Å². The number of amides is 1. The second kappa shape index (κ2) is 7.63. The Morgan fingerprint density at radius 1 is 1.44 bits per heavy atom. The van der Waals surface area contributed by atoms with Crippen LogP contribution in [0.1, 0.15) is 26.7 Å². The summed E-state index contributed by atoms with van der Waals surface area (Å²) < 4.78 is 5.38. The van der Waals surface area contributed by atoms with Gasteiger partial charge in [0, 0.05) is 19.7 Å². The molecule has 2 unspecified atom stereocenters. The summed E-state index contributed by atoms with van der Waals surface area (Å²) in [5.41, 5.74) is 0. The number of carbonyl (C=O) groups excluding carboxylic acids is 1. The summed E-state index contributed by atoms with van der Waals surface area (Å²) in [6.07, 6.45) is 2.25. The van der Waals surface area contributed by atoms with E-state index in [9.17, 15) is 4.79 Å². The maximum absolute atomic E-state index is 11.7. The molecule has 0 saturated carbocycles. The third-order valence-electron chi connectivity index (χ3n) is 3.04. The molecule has 1 rings (SSSR count). The van der Waals surface area contributed by atoms with Crippen molar-refractivity contribution in [2.75, 3.05) is 32.8 Å². The predicted molar refractivity (Wildman–Crippen MR) is 64.3 cm³/mol. The van der Waals surface area contributed by atoms with Gasteiger partial charge in [0.25, 0.3) is 0 Å². The van der Waals surface area contributed by atoms with Gasteiger partial charge in [-0.1, -0.05) is 20.3 Å². The number of unbranched alkanes of at least 4 members (excludes halogenated alkanes) is 1. The smallest absolute Gasteiger partial charge is 0.224 e. The highest BCUT2D eigenvalue weighted by Crippen LogP contribution is 2.15. The molecule has 1 saturated heterocycles. The van der Waals surface area contributed by atoms with Crippen molar-refractivity contribution in [3.8, 4) is 0 Å². The minimum atomic E-state index is 0.135. The Kier molecular flexibility index (Phi) is 6.42. The lowest BCUT2D eigenvalue weighted by Gasteiger charge is -2.14. The summed E-state index contributed by atoms with van der Waals surface area (Å²) in [5.74, 6) is 0.744. The second-order valence-corrected chi connectivity index (χ2v) is 4.50. The van der Waals surface area contributed by atoms with Crippen molar-refractivity contribution in [1.29, 1.82) is 0 Å². The molecule has 4 heteroatoms. The summed E-state index contributed by atoms with van der Waals surface area (Å²) in [4.78, 5) is 11.7. The van der Waals surface area contributed by atoms with Crippen LogP contribution in [0, 0.1) is 11.8 Å². The largest absolute Gasteiger partial charge is 0.380 e. The molecule has 1 amide bonds. The zero-order valence-electron chi connectivity index (χ0n) is 10.4. The highest BCUT2D eigenvalue weighted by molar-refractivity contribution is 5.79. The van der Waals surface area contributed by atoms with E-state index in [-0.39, 0.29) is 11.8 Å². The first-order chi connectivity index (χ1) is 7.75. The van der Waals surface area contributed by atoms with Gasteiger partial charge in [-0.3, -0.25) is 4.79 Å². The summed E-state index contributed by atoms with van der Waals surface area (Å²) in [7, 11) is 0. The van der Waals surface area contributed by atoms with Crippen molar-refractivity contribution >= 4 is 5.91 Å². The van der Waals surface area contributed by atoms with Gasteiger partial charge in [0.15, 0.2) is 0 Å². The molecular weight excluding hydrogens is 204 g/mol. The molecule has 0 bridgehead atoms. The maximum atomic E-state index is 11.7. The maximum Gasteiger partial charge on any atom is 0.224 e. The van der Waals surface area contributed by atoms with Gasteiger partial charge in [-0.2, -0.15) is 0 Å². The van der Waals surface area contributed by atoms with Crippen molar-refractivity contribution in [3.05, 3.63) is 0 Å². The topological polar surface area (TPSA) is 50.4 Å². The first-order valence-electron chi connectivity index (χ1n) is 6.32. The molecule has 4 nitrogen and oxygen atoms in total. The van der Waals surface area contributed by atoms with Crippen LogP contribution in [0.4, 0.5) is 0 Å². The van der Waals surface area contributed by atoms with Gasteiger partial charge in [0.2, 0.25) is 5.91 Å². The highest BCUT2D eigenvalue weighted by atomic mass is 16.5. The molecule has 94 valence electrons. The van der Waals surface area contributed by atoms with E-state index in [0.717, 1.165) is 32.5 Å². The Morgan fingerprint density at radius 2 is 2.25 bits per heavy atom. The zero-order valence-corrected chi connectivity index (χ0v) is 10.4. The molecule has 0 aromatic heterocycles. The van der Waals surface area contributed by atoms with Gasteiger partial charge in [0.1, 0.15) is 0 Å². The molecule has 2 atom stereocenters. The Hall–Kier alpha value is -0.610. The molecule has 2 N–H and O–H groups in total. The third kappa shape index (κ3) is 4.49. The lowest BCUT2D eigenvalue weighted by molar-refractivity contribution is -0.125. The molecule has 0 spiro atoms. The van der Waals surface area contributed by atoms with E-state index in [1.54, 1.807) is 0 Å². The fourth-order valence-corrected chi connectivity index (χ4v) is 1.89. The van der Waals surface area contributed by atoms with Crippen LogP contribution < -0.4 is 10.6 Å². The van der Waals surface area contributed by atoms with E-state index >= 15 is 0 Å². The normalized spacial score (nSPS) is 24.6. The quantitative estimate of drug-likeness (QED) is 0.633. The van der Waals surface area contributed by atoms with Crippen molar-refractivity contribution in [2.24, 2.45) is 11.8 Å². The first-order valence-corrected chi connectivity index (χ1v) is 6.32. The van der Waals surface area contributed by atoms with Crippen LogP contribution in [0.5, 0.6) is 0 Å². The van der Waals surface area contributed by atoms with Gasteiger partial charge in [-0.15, -0.1) is 0 Å². The standard InChI is InChI=1S/C12H24N2O2/c1-3-4-6-16-7-5-14-12(15)11-9-13-8-10(11)2/h10-11,13H,3-9H2,1-2H3,(H,14,15). The molecule has 1 aliphatic rings. The number of rotatable bonds is 7. The summed E-state index contributed by atoms with van der Waals surface area (Å²) in [6.45, 7) is 8.07. The van der Waals surface area contributed by atoms with Crippen molar-refractivity contribution in [1.82, 2.24) is 10.6 Å². The van der Waals surface area contributed by atoms with Crippen LogP contribution >= 0.6 is 0 Å².